The highest BCUT2D eigenvalue weighted by molar-refractivity contribution is 5.17. The average molecular weight is 278 g/mol. The number of hydrogen-bond donors (Lipinski definition) is 1. The molecule has 0 radical (unpaired) electrons. The molecule has 1 fully saturated rings. The van der Waals surface area contributed by atoms with Gasteiger partial charge in [0.2, 0.25) is 0 Å². The minimum absolute atomic E-state index is 0.711. The second-order valence-electron chi connectivity index (χ2n) is 6.41. The Hall–Kier alpha value is -0.800. The van der Waals surface area contributed by atoms with Crippen LogP contribution in [0.3, 0.4) is 0 Å². The van der Waals surface area contributed by atoms with E-state index in [0.29, 0.717) is 5.92 Å². The Bertz CT molecular complexity index is 380. The van der Waals surface area contributed by atoms with Gasteiger partial charge in [-0.2, -0.15) is 0 Å². The molecule has 3 nitrogen and oxygen atoms in total. The molecule has 0 amide bonds. The van der Waals surface area contributed by atoms with Crippen molar-refractivity contribution >= 4 is 0 Å². The molecule has 0 unspecified atom stereocenters. The Morgan fingerprint density at radius 3 is 2.75 bits per heavy atom. The van der Waals surface area contributed by atoms with Crippen LogP contribution in [0.4, 0.5) is 0 Å². The van der Waals surface area contributed by atoms with Gasteiger partial charge in [0.15, 0.2) is 0 Å². The van der Waals surface area contributed by atoms with Gasteiger partial charge >= 0.3 is 0 Å². The zero-order valence-electron chi connectivity index (χ0n) is 13.3. The molecule has 0 spiro atoms. The predicted molar refractivity (Wildman–Crippen MR) is 83.6 cm³/mol. The third-order valence-electron chi connectivity index (χ3n) is 4.19. The quantitative estimate of drug-likeness (QED) is 0.784. The van der Waals surface area contributed by atoms with Crippen molar-refractivity contribution in [2.75, 3.05) is 13.1 Å². The second-order valence-corrected chi connectivity index (χ2v) is 6.41. The molecule has 1 aromatic heterocycles. The summed E-state index contributed by atoms with van der Waals surface area (Å²) in [5.74, 6) is 1.86. The molecule has 2 rings (SSSR count). The summed E-state index contributed by atoms with van der Waals surface area (Å²) in [6.45, 7) is 10.8. The lowest BCUT2D eigenvalue weighted by Crippen LogP contribution is -2.36. The second kappa shape index (κ2) is 7.84. The Balaban J connectivity index is 2.00. The molecule has 0 saturated heterocycles. The molecule has 0 aromatic carbocycles. The monoisotopic (exact) mass is 278 g/mol. The molecule has 1 heterocycles. The van der Waals surface area contributed by atoms with Gasteiger partial charge in [0.05, 0.1) is 12.8 Å². The van der Waals surface area contributed by atoms with Gasteiger partial charge in [-0.25, -0.2) is 0 Å². The lowest BCUT2D eigenvalue weighted by atomic mass is 10.1. The average Bonchev–Trinajstić information content (AvgIpc) is 3.06. The van der Waals surface area contributed by atoms with E-state index in [4.69, 9.17) is 4.42 Å². The van der Waals surface area contributed by atoms with Crippen LogP contribution in [0, 0.1) is 5.92 Å². The van der Waals surface area contributed by atoms with E-state index < -0.39 is 0 Å². The van der Waals surface area contributed by atoms with Crippen LogP contribution in [-0.4, -0.2) is 24.0 Å². The highest BCUT2D eigenvalue weighted by Crippen LogP contribution is 2.26. The number of nitrogens with one attached hydrogen (secondary N) is 1. The van der Waals surface area contributed by atoms with E-state index in [2.05, 4.69) is 37.1 Å². The maximum Gasteiger partial charge on any atom is 0.122 e. The summed E-state index contributed by atoms with van der Waals surface area (Å²) in [6.07, 6.45) is 7.33. The summed E-state index contributed by atoms with van der Waals surface area (Å²) in [5, 5.41) is 3.40. The van der Waals surface area contributed by atoms with E-state index in [1.807, 2.05) is 6.26 Å². The fourth-order valence-corrected chi connectivity index (χ4v) is 3.19. The molecule has 0 aliphatic heterocycles. The highest BCUT2D eigenvalue weighted by Gasteiger charge is 2.24. The fourth-order valence-electron chi connectivity index (χ4n) is 3.19. The van der Waals surface area contributed by atoms with Crippen LogP contribution in [-0.2, 0) is 13.1 Å². The van der Waals surface area contributed by atoms with E-state index in [0.717, 1.165) is 31.4 Å². The van der Waals surface area contributed by atoms with Crippen molar-refractivity contribution in [3.8, 4) is 0 Å². The topological polar surface area (TPSA) is 28.4 Å². The minimum atomic E-state index is 0.711. The largest absolute Gasteiger partial charge is 0.468 e. The molecule has 1 aliphatic carbocycles. The normalized spacial score (nSPS) is 16.6. The summed E-state index contributed by atoms with van der Waals surface area (Å²) in [7, 11) is 0. The van der Waals surface area contributed by atoms with Crippen LogP contribution in [0.1, 0.15) is 57.8 Å². The first-order valence-corrected chi connectivity index (χ1v) is 8.20. The van der Waals surface area contributed by atoms with Crippen molar-refractivity contribution in [1.82, 2.24) is 10.2 Å². The Kier molecular flexibility index (Phi) is 6.11. The first-order valence-electron chi connectivity index (χ1n) is 8.20. The van der Waals surface area contributed by atoms with Crippen molar-refractivity contribution in [3.05, 3.63) is 23.7 Å². The molecular formula is C17H30N2O. The van der Waals surface area contributed by atoms with Crippen molar-refractivity contribution in [1.29, 1.82) is 0 Å². The summed E-state index contributed by atoms with van der Waals surface area (Å²) in [5.41, 5.74) is 1.32. The number of furan rings is 1. The fraction of sp³-hybridized carbons (Fsp3) is 0.765. The Labute approximate surface area is 123 Å². The number of nitrogens with zero attached hydrogens (tertiary/aromatic N) is 1. The third kappa shape index (κ3) is 4.35. The van der Waals surface area contributed by atoms with Crippen molar-refractivity contribution in [2.24, 2.45) is 5.92 Å². The van der Waals surface area contributed by atoms with Crippen LogP contribution < -0.4 is 5.32 Å². The van der Waals surface area contributed by atoms with E-state index in [9.17, 15) is 0 Å². The summed E-state index contributed by atoms with van der Waals surface area (Å²) in [4.78, 5) is 2.64. The van der Waals surface area contributed by atoms with E-state index in [1.54, 1.807) is 0 Å². The van der Waals surface area contributed by atoms with Crippen molar-refractivity contribution in [2.45, 2.75) is 65.6 Å². The Morgan fingerprint density at radius 1 is 1.35 bits per heavy atom. The number of rotatable bonds is 8. The van der Waals surface area contributed by atoms with Crippen LogP contribution in [0.2, 0.25) is 0 Å². The van der Waals surface area contributed by atoms with Gasteiger partial charge in [0, 0.05) is 24.7 Å². The van der Waals surface area contributed by atoms with Crippen LogP contribution in [0.15, 0.2) is 16.7 Å². The first-order chi connectivity index (χ1) is 9.70. The Morgan fingerprint density at radius 2 is 2.10 bits per heavy atom. The zero-order valence-corrected chi connectivity index (χ0v) is 13.3. The van der Waals surface area contributed by atoms with Gasteiger partial charge in [-0.15, -0.1) is 0 Å². The van der Waals surface area contributed by atoms with Crippen LogP contribution in [0.25, 0.3) is 0 Å². The van der Waals surface area contributed by atoms with Gasteiger partial charge in [-0.05, 0) is 31.4 Å². The van der Waals surface area contributed by atoms with Gasteiger partial charge in [-0.3, -0.25) is 4.90 Å². The van der Waals surface area contributed by atoms with Gasteiger partial charge in [-0.1, -0.05) is 33.6 Å². The van der Waals surface area contributed by atoms with E-state index in [1.165, 1.54) is 37.8 Å². The molecule has 0 atom stereocenters. The van der Waals surface area contributed by atoms with Crippen LogP contribution >= 0.6 is 0 Å². The van der Waals surface area contributed by atoms with Gasteiger partial charge < -0.3 is 9.73 Å². The summed E-state index contributed by atoms with van der Waals surface area (Å²) < 4.78 is 5.75. The molecule has 3 heteroatoms. The predicted octanol–water partition coefficient (Wildman–Crippen LogP) is 3.79. The molecule has 20 heavy (non-hydrogen) atoms. The molecule has 1 aliphatic rings. The molecule has 1 aromatic rings. The first kappa shape index (κ1) is 15.6. The lowest BCUT2D eigenvalue weighted by Gasteiger charge is -2.30. The minimum Gasteiger partial charge on any atom is -0.468 e. The molecule has 1 N–H and O–H groups in total. The van der Waals surface area contributed by atoms with Crippen LogP contribution in [0.5, 0.6) is 0 Å². The van der Waals surface area contributed by atoms with Crippen molar-refractivity contribution < 1.29 is 4.42 Å². The zero-order chi connectivity index (χ0) is 14.4. The highest BCUT2D eigenvalue weighted by atomic mass is 16.3. The standard InChI is InChI=1S/C17H30N2O/c1-4-18-11-15-9-10-20-17(15)13-19(12-14(2)3)16-7-5-6-8-16/h9-10,14,16,18H,4-8,11-13H2,1-3H3. The maximum absolute atomic E-state index is 5.75. The van der Waals surface area contributed by atoms with E-state index in [-0.39, 0.29) is 0 Å². The molecule has 0 bridgehead atoms. The maximum atomic E-state index is 5.75. The SMILES string of the molecule is CCNCc1ccoc1CN(CC(C)C)C1CCCC1. The lowest BCUT2D eigenvalue weighted by molar-refractivity contribution is 0.156. The van der Waals surface area contributed by atoms with Crippen molar-refractivity contribution in [3.63, 3.8) is 0 Å². The molecule has 1 saturated carbocycles. The third-order valence-corrected chi connectivity index (χ3v) is 4.19. The summed E-state index contributed by atoms with van der Waals surface area (Å²) in [6, 6.07) is 2.87. The van der Waals surface area contributed by atoms with E-state index >= 15 is 0 Å². The van der Waals surface area contributed by atoms with Gasteiger partial charge in [0.25, 0.3) is 0 Å². The number of hydrogen-bond acceptors (Lipinski definition) is 3. The molecule has 114 valence electrons. The van der Waals surface area contributed by atoms with Gasteiger partial charge in [0.1, 0.15) is 5.76 Å². The molecular weight excluding hydrogens is 248 g/mol. The summed E-state index contributed by atoms with van der Waals surface area (Å²) >= 11 is 0. The smallest absolute Gasteiger partial charge is 0.122 e.